The number of hydrogen-bond donors (Lipinski definition) is 0. The van der Waals surface area contributed by atoms with Gasteiger partial charge in [0.05, 0.1) is 12.0 Å². The van der Waals surface area contributed by atoms with Gasteiger partial charge in [-0.3, -0.25) is 4.79 Å². The van der Waals surface area contributed by atoms with E-state index in [2.05, 4.69) is 40.3 Å². The number of likely N-dealkylation sites (tertiary alicyclic amines) is 1. The lowest BCUT2D eigenvalue weighted by Crippen LogP contribution is -2.38. The first kappa shape index (κ1) is 17.9. The summed E-state index contributed by atoms with van der Waals surface area (Å²) >= 11 is 0. The first-order valence-corrected chi connectivity index (χ1v) is 9.18. The summed E-state index contributed by atoms with van der Waals surface area (Å²) < 4.78 is 3.79. The second-order valence-electron chi connectivity index (χ2n) is 8.07. The van der Waals surface area contributed by atoms with Crippen molar-refractivity contribution in [3.8, 4) is 0 Å². The van der Waals surface area contributed by atoms with Crippen molar-refractivity contribution in [1.29, 1.82) is 0 Å². The third kappa shape index (κ3) is 4.78. The van der Waals surface area contributed by atoms with Crippen molar-refractivity contribution < 1.29 is 0 Å². The van der Waals surface area contributed by atoms with Crippen LogP contribution in [0.3, 0.4) is 0 Å². The van der Waals surface area contributed by atoms with Crippen LogP contribution in [0.25, 0.3) is 0 Å². The Morgan fingerprint density at radius 3 is 2.56 bits per heavy atom. The van der Waals surface area contributed by atoms with E-state index in [0.29, 0.717) is 5.92 Å². The minimum Gasteiger partial charge on any atom is -0.336 e. The minimum absolute atomic E-state index is 0.00976. The summed E-state index contributed by atoms with van der Waals surface area (Å²) in [5, 5.41) is 4.61. The Hall–Kier alpha value is -1.95. The van der Waals surface area contributed by atoms with Crippen LogP contribution >= 0.6 is 0 Å². The molecule has 3 rings (SSSR count). The van der Waals surface area contributed by atoms with E-state index in [4.69, 9.17) is 0 Å². The molecule has 3 heterocycles. The van der Waals surface area contributed by atoms with E-state index < -0.39 is 0 Å². The molecule has 6 heteroatoms. The van der Waals surface area contributed by atoms with Crippen LogP contribution in [0.2, 0.25) is 0 Å². The fourth-order valence-electron chi connectivity index (χ4n) is 3.29. The van der Waals surface area contributed by atoms with Crippen LogP contribution in [0, 0.1) is 5.92 Å². The Bertz CT molecular complexity index is 721. The number of rotatable bonds is 5. The fourth-order valence-corrected chi connectivity index (χ4v) is 3.29. The molecule has 1 aliphatic heterocycles. The predicted molar refractivity (Wildman–Crippen MR) is 98.6 cm³/mol. The quantitative estimate of drug-likeness (QED) is 0.835. The van der Waals surface area contributed by atoms with Gasteiger partial charge in [-0.2, -0.15) is 5.10 Å². The number of imidazole rings is 1. The highest BCUT2D eigenvalue weighted by Crippen LogP contribution is 2.20. The highest BCUT2D eigenvalue weighted by Gasteiger charge is 2.21. The lowest BCUT2D eigenvalue weighted by atomic mass is 9.92. The SMILES string of the molecule is CC(C)(C)c1ccc(=O)n(CC2CCN(CCn3ccnc3)CC2)n1. The van der Waals surface area contributed by atoms with Crippen LogP contribution in [0.15, 0.2) is 35.6 Å². The van der Waals surface area contributed by atoms with Crippen molar-refractivity contribution in [1.82, 2.24) is 24.2 Å². The highest BCUT2D eigenvalue weighted by molar-refractivity contribution is 5.10. The molecular formula is C19H29N5O. The van der Waals surface area contributed by atoms with Gasteiger partial charge in [0.1, 0.15) is 0 Å². The molecule has 136 valence electrons. The van der Waals surface area contributed by atoms with E-state index in [1.54, 1.807) is 10.7 Å². The van der Waals surface area contributed by atoms with Crippen molar-refractivity contribution >= 4 is 0 Å². The maximum absolute atomic E-state index is 12.2. The average molecular weight is 343 g/mol. The molecule has 1 aliphatic rings. The fraction of sp³-hybridized carbons (Fsp3) is 0.632. The molecule has 0 N–H and O–H groups in total. The van der Waals surface area contributed by atoms with E-state index in [-0.39, 0.29) is 11.0 Å². The first-order valence-electron chi connectivity index (χ1n) is 9.18. The minimum atomic E-state index is -0.0356. The Morgan fingerprint density at radius 1 is 1.16 bits per heavy atom. The van der Waals surface area contributed by atoms with Gasteiger partial charge in [-0.1, -0.05) is 20.8 Å². The zero-order chi connectivity index (χ0) is 17.9. The summed E-state index contributed by atoms with van der Waals surface area (Å²) in [5.41, 5.74) is 0.951. The maximum atomic E-state index is 12.2. The van der Waals surface area contributed by atoms with Crippen LogP contribution in [0.4, 0.5) is 0 Å². The summed E-state index contributed by atoms with van der Waals surface area (Å²) in [6.45, 7) is 11.3. The van der Waals surface area contributed by atoms with Gasteiger partial charge in [-0.15, -0.1) is 0 Å². The van der Waals surface area contributed by atoms with Gasteiger partial charge in [0.15, 0.2) is 0 Å². The van der Waals surface area contributed by atoms with Gasteiger partial charge in [-0.05, 0) is 37.9 Å². The first-order chi connectivity index (χ1) is 11.9. The summed E-state index contributed by atoms with van der Waals surface area (Å²) in [6, 6.07) is 3.52. The molecule has 6 nitrogen and oxygen atoms in total. The standard InChI is InChI=1S/C19H29N5O/c1-19(2,3)17-4-5-18(25)24(21-17)14-16-6-9-22(10-7-16)12-13-23-11-8-20-15-23/h4-5,8,11,15-16H,6-7,9-10,12-14H2,1-3H3. The van der Waals surface area contributed by atoms with Gasteiger partial charge < -0.3 is 9.47 Å². The number of nitrogens with zero attached hydrogens (tertiary/aromatic N) is 5. The second-order valence-corrected chi connectivity index (χ2v) is 8.07. The van der Waals surface area contributed by atoms with Gasteiger partial charge in [0, 0.05) is 43.5 Å². The molecule has 0 radical (unpaired) electrons. The largest absolute Gasteiger partial charge is 0.336 e. The van der Waals surface area contributed by atoms with E-state index in [9.17, 15) is 4.79 Å². The van der Waals surface area contributed by atoms with Gasteiger partial charge in [-0.25, -0.2) is 9.67 Å². The van der Waals surface area contributed by atoms with Crippen LogP contribution < -0.4 is 5.56 Å². The van der Waals surface area contributed by atoms with E-state index in [1.165, 1.54) is 0 Å². The lowest BCUT2D eigenvalue weighted by molar-refractivity contribution is 0.165. The molecule has 0 atom stereocenters. The smallest absolute Gasteiger partial charge is 0.266 e. The summed E-state index contributed by atoms with van der Waals surface area (Å²) in [7, 11) is 0. The zero-order valence-corrected chi connectivity index (χ0v) is 15.6. The molecule has 0 unspecified atom stereocenters. The van der Waals surface area contributed by atoms with Crippen molar-refractivity contribution in [2.45, 2.75) is 52.1 Å². The second kappa shape index (κ2) is 7.52. The van der Waals surface area contributed by atoms with E-state index >= 15 is 0 Å². The third-order valence-corrected chi connectivity index (χ3v) is 5.01. The number of hydrogen-bond acceptors (Lipinski definition) is 4. The van der Waals surface area contributed by atoms with Crippen LogP contribution in [0.1, 0.15) is 39.3 Å². The topological polar surface area (TPSA) is 56.0 Å². The van der Waals surface area contributed by atoms with Crippen LogP contribution in [0.5, 0.6) is 0 Å². The Labute approximate surface area is 149 Å². The van der Waals surface area contributed by atoms with Crippen molar-refractivity contribution in [3.63, 3.8) is 0 Å². The predicted octanol–water partition coefficient (Wildman–Crippen LogP) is 2.15. The maximum Gasteiger partial charge on any atom is 0.266 e. The number of piperidine rings is 1. The van der Waals surface area contributed by atoms with E-state index in [1.807, 2.05) is 24.8 Å². The van der Waals surface area contributed by atoms with Crippen LogP contribution in [-0.4, -0.2) is 43.9 Å². The molecular weight excluding hydrogens is 314 g/mol. The highest BCUT2D eigenvalue weighted by atomic mass is 16.1. The summed E-state index contributed by atoms with van der Waals surface area (Å²) in [4.78, 5) is 18.7. The Morgan fingerprint density at radius 2 is 1.92 bits per heavy atom. The zero-order valence-electron chi connectivity index (χ0n) is 15.6. The van der Waals surface area contributed by atoms with Crippen molar-refractivity contribution in [2.24, 2.45) is 5.92 Å². The van der Waals surface area contributed by atoms with Gasteiger partial charge >= 0.3 is 0 Å². The summed E-state index contributed by atoms with van der Waals surface area (Å²) in [5.74, 6) is 0.532. The van der Waals surface area contributed by atoms with Crippen LogP contribution in [-0.2, 0) is 18.5 Å². The number of aromatic nitrogens is 4. The summed E-state index contributed by atoms with van der Waals surface area (Å²) in [6.07, 6.45) is 7.94. The molecule has 2 aromatic heterocycles. The average Bonchev–Trinajstić information content (AvgIpc) is 3.09. The molecule has 25 heavy (non-hydrogen) atoms. The van der Waals surface area contributed by atoms with Crippen molar-refractivity contribution in [3.05, 3.63) is 46.9 Å². The Balaban J connectivity index is 1.53. The van der Waals surface area contributed by atoms with Gasteiger partial charge in [0.25, 0.3) is 5.56 Å². The van der Waals surface area contributed by atoms with Gasteiger partial charge in [0.2, 0.25) is 0 Å². The third-order valence-electron chi connectivity index (χ3n) is 5.01. The van der Waals surface area contributed by atoms with E-state index in [0.717, 1.165) is 51.3 Å². The molecule has 0 aromatic carbocycles. The molecule has 1 saturated heterocycles. The Kier molecular flexibility index (Phi) is 5.37. The normalized spacial score (nSPS) is 17.1. The molecule has 1 fully saturated rings. The van der Waals surface area contributed by atoms with Crippen molar-refractivity contribution in [2.75, 3.05) is 19.6 Å². The molecule has 0 amide bonds. The molecule has 0 spiro atoms. The molecule has 0 saturated carbocycles. The molecule has 0 bridgehead atoms. The molecule has 2 aromatic rings. The molecule has 0 aliphatic carbocycles. The lowest BCUT2D eigenvalue weighted by Gasteiger charge is -2.32. The monoisotopic (exact) mass is 343 g/mol.